The van der Waals surface area contributed by atoms with Crippen LogP contribution in [0.2, 0.25) is 0 Å². The highest BCUT2D eigenvalue weighted by Crippen LogP contribution is 2.20. The molecule has 1 N–H and O–H groups in total. The molecule has 0 bridgehead atoms. The van der Waals surface area contributed by atoms with Crippen LogP contribution in [-0.4, -0.2) is 38.0 Å². The highest BCUT2D eigenvalue weighted by molar-refractivity contribution is 5.89. The molecule has 1 saturated heterocycles. The second kappa shape index (κ2) is 8.04. The molecule has 2 aromatic heterocycles. The zero-order valence-corrected chi connectivity index (χ0v) is 15.4. The van der Waals surface area contributed by atoms with E-state index in [1.54, 1.807) is 28.2 Å². The van der Waals surface area contributed by atoms with Gasteiger partial charge in [-0.3, -0.25) is 14.6 Å². The van der Waals surface area contributed by atoms with Crippen LogP contribution in [0.1, 0.15) is 17.5 Å². The third kappa shape index (κ3) is 4.09. The topological polar surface area (TPSA) is 80.1 Å². The lowest BCUT2D eigenvalue weighted by Gasteiger charge is -2.16. The molecule has 0 saturated carbocycles. The fraction of sp³-hybridized carbons (Fsp3) is 0.238. The van der Waals surface area contributed by atoms with Gasteiger partial charge in [-0.2, -0.15) is 5.10 Å². The van der Waals surface area contributed by atoms with Gasteiger partial charge in [0.1, 0.15) is 0 Å². The van der Waals surface area contributed by atoms with E-state index in [2.05, 4.69) is 15.4 Å². The molecule has 1 aliphatic rings. The van der Waals surface area contributed by atoms with Crippen molar-refractivity contribution in [2.75, 3.05) is 6.54 Å². The molecule has 3 aromatic rings. The number of benzene rings is 1. The van der Waals surface area contributed by atoms with Crippen molar-refractivity contribution < 1.29 is 9.59 Å². The van der Waals surface area contributed by atoms with Crippen LogP contribution in [0.25, 0.3) is 5.69 Å². The minimum Gasteiger partial charge on any atom is -0.352 e. The summed E-state index contributed by atoms with van der Waals surface area (Å²) in [4.78, 5) is 30.5. The Morgan fingerprint density at radius 2 is 1.96 bits per heavy atom. The van der Waals surface area contributed by atoms with Gasteiger partial charge in [0.2, 0.25) is 11.8 Å². The first-order chi connectivity index (χ1) is 13.7. The van der Waals surface area contributed by atoms with Crippen molar-refractivity contribution in [3.63, 3.8) is 0 Å². The Morgan fingerprint density at radius 3 is 2.75 bits per heavy atom. The summed E-state index contributed by atoms with van der Waals surface area (Å²) in [6.07, 6.45) is 7.27. The van der Waals surface area contributed by atoms with Gasteiger partial charge in [0, 0.05) is 50.8 Å². The number of nitrogens with zero attached hydrogens (tertiary/aromatic N) is 4. The number of carbonyl (C=O) groups is 2. The fourth-order valence-electron chi connectivity index (χ4n) is 3.37. The molecule has 142 valence electrons. The lowest BCUT2D eigenvalue weighted by atomic mass is 10.1. The zero-order valence-electron chi connectivity index (χ0n) is 15.4. The number of pyridine rings is 1. The van der Waals surface area contributed by atoms with Gasteiger partial charge in [0.05, 0.1) is 11.6 Å². The lowest BCUT2D eigenvalue weighted by Crippen LogP contribution is -2.32. The molecule has 1 fully saturated rings. The largest absolute Gasteiger partial charge is 0.352 e. The molecular weight excluding hydrogens is 354 g/mol. The van der Waals surface area contributed by atoms with Crippen molar-refractivity contribution >= 4 is 11.8 Å². The monoisotopic (exact) mass is 375 g/mol. The molecule has 7 nitrogen and oxygen atoms in total. The van der Waals surface area contributed by atoms with Crippen LogP contribution in [0.15, 0.2) is 67.3 Å². The molecule has 0 aliphatic carbocycles. The van der Waals surface area contributed by atoms with E-state index in [0.29, 0.717) is 19.6 Å². The zero-order chi connectivity index (χ0) is 19.3. The van der Waals surface area contributed by atoms with E-state index in [9.17, 15) is 9.59 Å². The Morgan fingerprint density at radius 1 is 1.11 bits per heavy atom. The van der Waals surface area contributed by atoms with Crippen LogP contribution < -0.4 is 5.32 Å². The van der Waals surface area contributed by atoms with Crippen LogP contribution in [0, 0.1) is 5.92 Å². The van der Waals surface area contributed by atoms with Crippen LogP contribution in [0.3, 0.4) is 0 Å². The Labute approximate surface area is 163 Å². The summed E-state index contributed by atoms with van der Waals surface area (Å²) in [7, 11) is 0. The van der Waals surface area contributed by atoms with E-state index in [4.69, 9.17) is 0 Å². The number of rotatable bonds is 6. The van der Waals surface area contributed by atoms with Gasteiger partial charge in [0.15, 0.2) is 0 Å². The third-order valence-corrected chi connectivity index (χ3v) is 4.85. The average molecular weight is 375 g/mol. The van der Waals surface area contributed by atoms with Gasteiger partial charge in [0.25, 0.3) is 0 Å². The van der Waals surface area contributed by atoms with Crippen molar-refractivity contribution in [1.82, 2.24) is 25.0 Å². The first kappa shape index (κ1) is 17.9. The van der Waals surface area contributed by atoms with Gasteiger partial charge in [-0.1, -0.05) is 12.1 Å². The number of hydrogen-bond donors (Lipinski definition) is 1. The summed E-state index contributed by atoms with van der Waals surface area (Å²) in [6, 6.07) is 13.5. The van der Waals surface area contributed by atoms with Crippen molar-refractivity contribution in [3.8, 4) is 5.69 Å². The van der Waals surface area contributed by atoms with Crippen molar-refractivity contribution in [2.45, 2.75) is 19.5 Å². The smallest absolute Gasteiger partial charge is 0.225 e. The molecule has 7 heteroatoms. The van der Waals surface area contributed by atoms with Gasteiger partial charge >= 0.3 is 0 Å². The molecule has 3 heterocycles. The quantitative estimate of drug-likeness (QED) is 0.714. The van der Waals surface area contributed by atoms with Crippen molar-refractivity contribution in [3.05, 3.63) is 78.4 Å². The second-order valence-electron chi connectivity index (χ2n) is 6.87. The van der Waals surface area contributed by atoms with Gasteiger partial charge < -0.3 is 10.2 Å². The van der Waals surface area contributed by atoms with E-state index < -0.39 is 0 Å². The van der Waals surface area contributed by atoms with Crippen LogP contribution in [0.5, 0.6) is 0 Å². The third-order valence-electron chi connectivity index (χ3n) is 4.85. The number of hydrogen-bond acceptors (Lipinski definition) is 4. The van der Waals surface area contributed by atoms with Gasteiger partial charge in [-0.25, -0.2) is 4.68 Å². The highest BCUT2D eigenvalue weighted by atomic mass is 16.2. The molecule has 0 spiro atoms. The Kier molecular flexibility index (Phi) is 5.14. The predicted molar refractivity (Wildman–Crippen MR) is 103 cm³/mol. The highest BCUT2D eigenvalue weighted by Gasteiger charge is 2.34. The van der Waals surface area contributed by atoms with Crippen molar-refractivity contribution in [2.24, 2.45) is 5.92 Å². The maximum Gasteiger partial charge on any atom is 0.225 e. The summed E-state index contributed by atoms with van der Waals surface area (Å²) in [5, 5.41) is 7.18. The Balaban J connectivity index is 1.33. The van der Waals surface area contributed by atoms with Crippen LogP contribution >= 0.6 is 0 Å². The maximum atomic E-state index is 12.6. The summed E-state index contributed by atoms with van der Waals surface area (Å²) in [5.41, 5.74) is 2.94. The molecule has 28 heavy (non-hydrogen) atoms. The maximum absolute atomic E-state index is 12.6. The SMILES string of the molecule is O=C(NCc1cccc(-n2cccn2)c1)C1CC(=O)N(Cc2ccncc2)C1. The number of nitrogens with one attached hydrogen (secondary N) is 1. The number of aromatic nitrogens is 3. The number of amides is 2. The van der Waals surface area contributed by atoms with E-state index in [1.807, 2.05) is 48.7 Å². The molecule has 2 amide bonds. The summed E-state index contributed by atoms with van der Waals surface area (Å²) in [5.74, 6) is -0.392. The van der Waals surface area contributed by atoms with E-state index in [-0.39, 0.29) is 24.2 Å². The van der Waals surface area contributed by atoms with Gasteiger partial charge in [-0.15, -0.1) is 0 Å². The number of likely N-dealkylation sites (tertiary alicyclic amines) is 1. The van der Waals surface area contributed by atoms with E-state index in [1.165, 1.54) is 0 Å². The summed E-state index contributed by atoms with van der Waals surface area (Å²) >= 11 is 0. The Bertz CT molecular complexity index is 956. The van der Waals surface area contributed by atoms with Crippen LogP contribution in [-0.2, 0) is 22.7 Å². The molecule has 1 atom stereocenters. The van der Waals surface area contributed by atoms with Crippen molar-refractivity contribution in [1.29, 1.82) is 0 Å². The molecule has 1 aromatic carbocycles. The normalized spacial score (nSPS) is 16.4. The Hall–Kier alpha value is -3.48. The van der Waals surface area contributed by atoms with E-state index in [0.717, 1.165) is 16.8 Å². The standard InChI is InChI=1S/C21H21N5O2/c27-20-12-18(15-25(20)14-16-5-8-22-9-6-16)21(28)23-13-17-3-1-4-19(11-17)26-10-2-7-24-26/h1-11,18H,12-15H2,(H,23,28). The summed E-state index contributed by atoms with van der Waals surface area (Å²) in [6.45, 7) is 1.38. The average Bonchev–Trinajstić information content (AvgIpc) is 3.38. The first-order valence-electron chi connectivity index (χ1n) is 9.22. The van der Waals surface area contributed by atoms with Crippen LogP contribution in [0.4, 0.5) is 0 Å². The number of carbonyl (C=O) groups excluding carboxylic acids is 2. The minimum absolute atomic E-state index is 0.0117. The van der Waals surface area contributed by atoms with Gasteiger partial charge in [-0.05, 0) is 41.5 Å². The molecule has 4 rings (SSSR count). The molecule has 0 radical (unpaired) electrons. The predicted octanol–water partition coefficient (Wildman–Crippen LogP) is 1.93. The van der Waals surface area contributed by atoms with E-state index >= 15 is 0 Å². The molecule has 1 aliphatic heterocycles. The molecule has 1 unspecified atom stereocenters. The second-order valence-corrected chi connectivity index (χ2v) is 6.87. The molecular formula is C21H21N5O2. The summed E-state index contributed by atoms with van der Waals surface area (Å²) < 4.78 is 1.78. The minimum atomic E-state index is -0.316. The fourth-order valence-corrected chi connectivity index (χ4v) is 3.37. The lowest BCUT2D eigenvalue weighted by molar-refractivity contribution is -0.129. The first-order valence-corrected chi connectivity index (χ1v) is 9.22.